The summed E-state index contributed by atoms with van der Waals surface area (Å²) in [4.78, 5) is 37.7. The lowest BCUT2D eigenvalue weighted by Gasteiger charge is -2.32. The summed E-state index contributed by atoms with van der Waals surface area (Å²) in [7, 11) is 0. The quantitative estimate of drug-likeness (QED) is 0.337. The van der Waals surface area contributed by atoms with E-state index in [9.17, 15) is 19.5 Å². The molecule has 0 aromatic carbocycles. The van der Waals surface area contributed by atoms with Gasteiger partial charge in [-0.2, -0.15) is 0 Å². The first-order valence-corrected chi connectivity index (χ1v) is 7.81. The van der Waals surface area contributed by atoms with E-state index in [1.807, 2.05) is 0 Å². The van der Waals surface area contributed by atoms with E-state index >= 15 is 0 Å². The fourth-order valence-corrected chi connectivity index (χ4v) is 2.62. The van der Waals surface area contributed by atoms with Gasteiger partial charge in [0.2, 0.25) is 0 Å². The second kappa shape index (κ2) is 5.99. The first kappa shape index (κ1) is 18.1. The molecule has 2 aliphatic rings. The number of hydrogen-bond acceptors (Lipinski definition) is 7. The average molecular weight is 341 g/mol. The second-order valence-corrected chi connectivity index (χ2v) is 7.27. The zero-order valence-corrected chi connectivity index (χ0v) is 14.5. The van der Waals surface area contributed by atoms with Crippen LogP contribution >= 0.6 is 0 Å². The largest absolute Gasteiger partial charge is 0.509 e. The van der Waals surface area contributed by atoms with Crippen molar-refractivity contribution in [2.24, 2.45) is 0 Å². The molecular formula is C16H23NO7. The number of rotatable bonds is 1. The van der Waals surface area contributed by atoms with Gasteiger partial charge in [-0.25, -0.2) is 14.4 Å². The molecule has 1 atom stereocenters. The van der Waals surface area contributed by atoms with Gasteiger partial charge in [-0.05, 0) is 33.6 Å². The minimum atomic E-state index is -1.39. The van der Waals surface area contributed by atoms with Crippen molar-refractivity contribution in [2.45, 2.75) is 64.9 Å². The van der Waals surface area contributed by atoms with E-state index in [2.05, 4.69) is 0 Å². The van der Waals surface area contributed by atoms with Crippen LogP contribution in [0.25, 0.3) is 0 Å². The highest BCUT2D eigenvalue weighted by Gasteiger charge is 2.45. The molecule has 24 heavy (non-hydrogen) atoms. The molecule has 8 heteroatoms. The van der Waals surface area contributed by atoms with Crippen molar-refractivity contribution in [1.29, 1.82) is 0 Å². The van der Waals surface area contributed by atoms with Crippen molar-refractivity contribution in [2.75, 3.05) is 6.54 Å². The minimum absolute atomic E-state index is 0.354. The lowest BCUT2D eigenvalue weighted by atomic mass is 10.1. The summed E-state index contributed by atoms with van der Waals surface area (Å²) < 4.78 is 15.3. The topological polar surface area (TPSA) is 102 Å². The number of aliphatic hydroxyl groups is 1. The van der Waals surface area contributed by atoms with E-state index in [0.717, 1.165) is 0 Å². The molecule has 2 rings (SSSR count). The number of amides is 1. The van der Waals surface area contributed by atoms with Gasteiger partial charge in [0.05, 0.1) is 6.04 Å². The maximum Gasteiger partial charge on any atom is 0.410 e. The average Bonchev–Trinajstić information content (AvgIpc) is 2.82. The van der Waals surface area contributed by atoms with Crippen LogP contribution in [0.15, 0.2) is 11.3 Å². The Morgan fingerprint density at radius 2 is 1.79 bits per heavy atom. The number of hydrogen-bond donors (Lipinski definition) is 1. The van der Waals surface area contributed by atoms with E-state index in [1.165, 1.54) is 18.7 Å². The van der Waals surface area contributed by atoms with Crippen molar-refractivity contribution < 1.29 is 33.7 Å². The van der Waals surface area contributed by atoms with Crippen molar-refractivity contribution >= 4 is 18.0 Å². The molecule has 0 radical (unpaired) electrons. The first-order chi connectivity index (χ1) is 10.9. The smallest absolute Gasteiger partial charge is 0.410 e. The third kappa shape index (κ3) is 3.80. The molecule has 2 aliphatic heterocycles. The monoisotopic (exact) mass is 341 g/mol. The molecule has 1 N–H and O–H groups in total. The first-order valence-electron chi connectivity index (χ1n) is 7.81. The molecule has 0 bridgehead atoms. The van der Waals surface area contributed by atoms with Crippen LogP contribution in [-0.2, 0) is 23.8 Å². The number of carbonyl (C=O) groups excluding carboxylic acids is 3. The zero-order valence-electron chi connectivity index (χ0n) is 14.5. The van der Waals surface area contributed by atoms with Gasteiger partial charge in [0.25, 0.3) is 5.79 Å². The number of likely N-dealkylation sites (tertiary alicyclic amines) is 1. The maximum absolute atomic E-state index is 12.3. The number of nitrogens with zero attached hydrogens (tertiary/aromatic N) is 1. The molecule has 0 aliphatic carbocycles. The van der Waals surface area contributed by atoms with Gasteiger partial charge >= 0.3 is 18.0 Å². The zero-order chi connectivity index (χ0) is 18.3. The summed E-state index contributed by atoms with van der Waals surface area (Å²) in [6.45, 7) is 8.37. The van der Waals surface area contributed by atoms with Gasteiger partial charge in [0, 0.05) is 20.4 Å². The molecule has 2 saturated heterocycles. The fraction of sp³-hybridized carbons (Fsp3) is 0.688. The predicted octanol–water partition coefficient (Wildman–Crippen LogP) is 2.03. The van der Waals surface area contributed by atoms with Crippen molar-refractivity contribution in [1.82, 2.24) is 4.90 Å². The van der Waals surface area contributed by atoms with Gasteiger partial charge in [0.15, 0.2) is 5.57 Å². The maximum atomic E-state index is 12.3. The van der Waals surface area contributed by atoms with Gasteiger partial charge in [-0.1, -0.05) is 0 Å². The summed E-state index contributed by atoms with van der Waals surface area (Å²) in [5, 5.41) is 10.4. The van der Waals surface area contributed by atoms with Crippen LogP contribution in [0.2, 0.25) is 0 Å². The molecule has 8 nitrogen and oxygen atoms in total. The summed E-state index contributed by atoms with van der Waals surface area (Å²) >= 11 is 0. The Morgan fingerprint density at radius 1 is 1.25 bits per heavy atom. The van der Waals surface area contributed by atoms with Gasteiger partial charge < -0.3 is 19.3 Å². The molecule has 2 heterocycles. The minimum Gasteiger partial charge on any atom is -0.509 e. The van der Waals surface area contributed by atoms with Gasteiger partial charge in [-0.3, -0.25) is 4.90 Å². The van der Waals surface area contributed by atoms with Crippen LogP contribution < -0.4 is 0 Å². The lowest BCUT2D eigenvalue weighted by molar-refractivity contribution is -0.222. The number of carbonyl (C=O) groups is 3. The SMILES string of the molecule is CC(C)(C)OC(=O)N1CCC[C@H]1C(O)=C1C(=O)OC(C)(C)OC1=O. The number of esters is 2. The summed E-state index contributed by atoms with van der Waals surface area (Å²) in [5.41, 5.74) is -1.27. The summed E-state index contributed by atoms with van der Waals surface area (Å²) in [5.74, 6) is -3.85. The van der Waals surface area contributed by atoms with E-state index < -0.39 is 46.8 Å². The highest BCUT2D eigenvalue weighted by atomic mass is 16.7. The number of ether oxygens (including phenoxy) is 3. The lowest BCUT2D eigenvalue weighted by Crippen LogP contribution is -2.45. The molecule has 134 valence electrons. The Balaban J connectivity index is 2.27. The highest BCUT2D eigenvalue weighted by molar-refractivity contribution is 6.15. The normalized spacial score (nSPS) is 23.6. The van der Waals surface area contributed by atoms with Crippen LogP contribution in [0.3, 0.4) is 0 Å². The van der Waals surface area contributed by atoms with Crippen LogP contribution in [0.1, 0.15) is 47.5 Å². The second-order valence-electron chi connectivity index (χ2n) is 7.27. The standard InChI is InChI=1S/C16H23NO7/c1-15(2,3)24-14(21)17-8-6-7-9(17)11(18)10-12(19)22-16(4,5)23-13(10)20/h9,18H,6-8H2,1-5H3/t9-/m0/s1. The number of aliphatic hydroxyl groups excluding tert-OH is 1. The third-order valence-corrected chi connectivity index (χ3v) is 3.54. The van der Waals surface area contributed by atoms with Crippen molar-refractivity contribution in [3.63, 3.8) is 0 Å². The molecule has 0 aromatic heterocycles. The van der Waals surface area contributed by atoms with Crippen LogP contribution in [0.4, 0.5) is 4.79 Å². The molecular weight excluding hydrogens is 318 g/mol. The molecule has 0 saturated carbocycles. The van der Waals surface area contributed by atoms with Crippen LogP contribution in [0, 0.1) is 0 Å². The summed E-state index contributed by atoms with van der Waals surface area (Å²) in [6, 6.07) is -0.823. The third-order valence-electron chi connectivity index (χ3n) is 3.54. The Bertz CT molecular complexity index is 578. The Hall–Kier alpha value is -2.25. The molecule has 0 unspecified atom stereocenters. The van der Waals surface area contributed by atoms with Gasteiger partial charge in [-0.15, -0.1) is 0 Å². The molecule has 0 aromatic rings. The van der Waals surface area contributed by atoms with E-state index in [1.54, 1.807) is 20.8 Å². The Labute approximate surface area is 140 Å². The molecule has 2 fully saturated rings. The molecule has 0 spiro atoms. The van der Waals surface area contributed by atoms with Crippen molar-refractivity contribution in [3.05, 3.63) is 11.3 Å². The highest BCUT2D eigenvalue weighted by Crippen LogP contribution is 2.30. The Kier molecular flexibility index (Phi) is 4.52. The van der Waals surface area contributed by atoms with E-state index in [-0.39, 0.29) is 0 Å². The van der Waals surface area contributed by atoms with Crippen molar-refractivity contribution in [3.8, 4) is 0 Å². The summed E-state index contributed by atoms with van der Waals surface area (Å²) in [6.07, 6.45) is 0.394. The van der Waals surface area contributed by atoms with E-state index in [4.69, 9.17) is 14.2 Å². The van der Waals surface area contributed by atoms with Crippen LogP contribution in [-0.4, -0.2) is 52.0 Å². The van der Waals surface area contributed by atoms with Gasteiger partial charge in [0.1, 0.15) is 11.4 Å². The number of cyclic esters (lactones) is 2. The van der Waals surface area contributed by atoms with E-state index in [0.29, 0.717) is 19.4 Å². The molecule has 1 amide bonds. The van der Waals surface area contributed by atoms with Crippen LogP contribution in [0.5, 0.6) is 0 Å². The fourth-order valence-electron chi connectivity index (χ4n) is 2.62. The Morgan fingerprint density at radius 3 is 2.29 bits per heavy atom. The predicted molar refractivity (Wildman–Crippen MR) is 81.9 cm³/mol.